The Bertz CT molecular complexity index is 1160. The van der Waals surface area contributed by atoms with E-state index in [4.69, 9.17) is 4.74 Å². The third kappa shape index (κ3) is 7.24. The van der Waals surface area contributed by atoms with E-state index in [-0.39, 0.29) is 12.3 Å². The normalized spacial score (nSPS) is 11.0. The molecule has 0 N–H and O–H groups in total. The number of hydrogen-bond acceptors (Lipinski definition) is 5. The number of unbranched alkanes of at least 4 members (excludes halogenated alkanes) is 1. The topological polar surface area (TPSA) is 65.1 Å². The number of halogens is 3. The Labute approximate surface area is 207 Å². The summed E-state index contributed by atoms with van der Waals surface area (Å²) in [6.45, 7) is 0.235. The zero-order valence-corrected chi connectivity index (χ0v) is 19.9. The number of aryl methyl sites for hydroxylation is 1. The summed E-state index contributed by atoms with van der Waals surface area (Å²) in [6.07, 6.45) is -2.60. The predicted molar refractivity (Wildman–Crippen MR) is 129 cm³/mol. The largest absolute Gasteiger partial charge is 0.573 e. The van der Waals surface area contributed by atoms with E-state index in [1.807, 2.05) is 30.3 Å². The number of rotatable bonds is 9. The molecule has 0 fully saturated rings. The van der Waals surface area contributed by atoms with Gasteiger partial charge in [0.15, 0.2) is 0 Å². The Balaban J connectivity index is 1.86. The number of nitrogens with zero attached hydrogens (tertiary/aromatic N) is 1. The van der Waals surface area contributed by atoms with Gasteiger partial charge in [-0.05, 0) is 60.2 Å². The zero-order valence-electron chi connectivity index (χ0n) is 19.9. The molecule has 3 aromatic carbocycles. The Morgan fingerprint density at radius 1 is 0.861 bits per heavy atom. The lowest BCUT2D eigenvalue weighted by Gasteiger charge is -2.24. The Morgan fingerprint density at radius 2 is 1.53 bits per heavy atom. The number of esters is 1. The average Bonchev–Trinajstić information content (AvgIpc) is 2.87. The molecule has 190 valence electrons. The maximum absolute atomic E-state index is 12.9. The fraction of sp³-hybridized carbons (Fsp3) is 0.259. The monoisotopic (exact) mass is 501 g/mol. The van der Waals surface area contributed by atoms with Crippen LogP contribution in [0.15, 0.2) is 72.8 Å². The molecule has 0 heterocycles. The van der Waals surface area contributed by atoms with Gasteiger partial charge >= 0.3 is 18.2 Å². The van der Waals surface area contributed by atoms with Crippen molar-refractivity contribution in [2.75, 3.05) is 25.7 Å². The van der Waals surface area contributed by atoms with Crippen LogP contribution in [0.5, 0.6) is 11.5 Å². The molecule has 6 nitrogen and oxygen atoms in total. The molecule has 0 spiro atoms. The highest BCUT2D eigenvalue weighted by molar-refractivity contribution is 6.38. The molecule has 0 radical (unpaired) electrons. The van der Waals surface area contributed by atoms with E-state index in [0.717, 1.165) is 20.0 Å². The summed E-state index contributed by atoms with van der Waals surface area (Å²) in [7, 11) is 2.57. The molecule has 3 rings (SSSR count). The van der Waals surface area contributed by atoms with Crippen LogP contribution in [0.25, 0.3) is 11.1 Å². The van der Waals surface area contributed by atoms with Crippen LogP contribution in [0.1, 0.15) is 18.4 Å². The lowest BCUT2D eigenvalue weighted by Crippen LogP contribution is -2.38. The van der Waals surface area contributed by atoms with Gasteiger partial charge in [-0.25, -0.2) is 4.79 Å². The van der Waals surface area contributed by atoms with Crippen LogP contribution in [0, 0.1) is 0 Å². The van der Waals surface area contributed by atoms with Crippen molar-refractivity contribution >= 4 is 17.6 Å². The molecule has 0 saturated heterocycles. The first-order valence-electron chi connectivity index (χ1n) is 11.2. The highest BCUT2D eigenvalue weighted by Crippen LogP contribution is 2.35. The number of benzene rings is 3. The van der Waals surface area contributed by atoms with Crippen molar-refractivity contribution in [2.24, 2.45) is 0 Å². The Kier molecular flexibility index (Phi) is 8.94. The van der Waals surface area contributed by atoms with Crippen molar-refractivity contribution in [3.63, 3.8) is 0 Å². The molecular formula is C27H26F3NO5. The number of alkyl halides is 3. The fourth-order valence-electron chi connectivity index (χ4n) is 3.70. The summed E-state index contributed by atoms with van der Waals surface area (Å²) < 4.78 is 51.4. The van der Waals surface area contributed by atoms with Crippen molar-refractivity contribution in [1.82, 2.24) is 0 Å². The highest BCUT2D eigenvalue weighted by Gasteiger charge is 2.31. The summed E-state index contributed by atoms with van der Waals surface area (Å²) in [4.78, 5) is 26.3. The van der Waals surface area contributed by atoms with Crippen molar-refractivity contribution < 1.29 is 37.0 Å². The molecule has 0 aromatic heterocycles. The number of methoxy groups -OCH3 is 2. The van der Waals surface area contributed by atoms with Gasteiger partial charge in [-0.3, -0.25) is 9.69 Å². The molecule has 1 amide bonds. The number of carbonyl (C=O) groups is 2. The third-order valence-corrected chi connectivity index (χ3v) is 5.44. The third-order valence-electron chi connectivity index (χ3n) is 5.44. The Hall–Kier alpha value is -4.01. The fourth-order valence-corrected chi connectivity index (χ4v) is 3.70. The van der Waals surface area contributed by atoms with E-state index in [9.17, 15) is 22.8 Å². The maximum atomic E-state index is 12.9. The smallest absolute Gasteiger partial charge is 0.495 e. The van der Waals surface area contributed by atoms with Crippen molar-refractivity contribution in [3.8, 4) is 22.6 Å². The second kappa shape index (κ2) is 12.1. The van der Waals surface area contributed by atoms with Crippen LogP contribution in [0.3, 0.4) is 0 Å². The molecule has 0 unspecified atom stereocenters. The van der Waals surface area contributed by atoms with Gasteiger partial charge in [0.05, 0.1) is 19.9 Å². The molecule has 0 atom stereocenters. The van der Waals surface area contributed by atoms with E-state index in [1.54, 1.807) is 18.2 Å². The molecule has 0 bridgehead atoms. The zero-order chi connectivity index (χ0) is 26.1. The van der Waals surface area contributed by atoms with E-state index >= 15 is 0 Å². The van der Waals surface area contributed by atoms with Gasteiger partial charge in [0, 0.05) is 6.54 Å². The number of anilines is 1. The second-order valence-corrected chi connectivity index (χ2v) is 7.85. The van der Waals surface area contributed by atoms with Gasteiger partial charge < -0.3 is 14.2 Å². The number of carbonyl (C=O) groups excluding carboxylic acids is 2. The second-order valence-electron chi connectivity index (χ2n) is 7.85. The molecule has 0 aliphatic carbocycles. The Morgan fingerprint density at radius 3 is 2.14 bits per heavy atom. The quantitative estimate of drug-likeness (QED) is 0.211. The lowest BCUT2D eigenvalue weighted by molar-refractivity contribution is -0.274. The molecule has 36 heavy (non-hydrogen) atoms. The van der Waals surface area contributed by atoms with Crippen molar-refractivity contribution in [3.05, 3.63) is 78.4 Å². The summed E-state index contributed by atoms with van der Waals surface area (Å²) in [5.74, 6) is -1.85. The van der Waals surface area contributed by atoms with E-state index in [0.29, 0.717) is 29.0 Å². The molecule has 9 heteroatoms. The van der Waals surface area contributed by atoms with Gasteiger partial charge in [0.25, 0.3) is 0 Å². The highest BCUT2D eigenvalue weighted by atomic mass is 19.4. The van der Waals surface area contributed by atoms with Crippen molar-refractivity contribution in [2.45, 2.75) is 25.6 Å². The molecular weight excluding hydrogens is 475 g/mol. The minimum Gasteiger partial charge on any atom is -0.495 e. The SMILES string of the molecule is COC(=O)C(=O)N(CCCCc1ccccc1)c1cc(-c2ccc(OC(F)(F)F)cc2)ccc1OC. The molecule has 0 aliphatic heterocycles. The minimum absolute atomic E-state index is 0.235. The van der Waals surface area contributed by atoms with Crippen LogP contribution in [0.4, 0.5) is 18.9 Å². The summed E-state index contributed by atoms with van der Waals surface area (Å²) >= 11 is 0. The first-order chi connectivity index (χ1) is 17.2. The van der Waals surface area contributed by atoms with Crippen LogP contribution in [0.2, 0.25) is 0 Å². The van der Waals surface area contributed by atoms with Crippen LogP contribution in [-0.4, -0.2) is 39.0 Å². The van der Waals surface area contributed by atoms with Crippen LogP contribution >= 0.6 is 0 Å². The van der Waals surface area contributed by atoms with E-state index in [1.165, 1.54) is 41.8 Å². The lowest BCUT2D eigenvalue weighted by atomic mass is 10.0. The summed E-state index contributed by atoms with van der Waals surface area (Å²) in [5.41, 5.74) is 2.71. The van der Waals surface area contributed by atoms with Gasteiger partial charge in [0.1, 0.15) is 11.5 Å². The number of amides is 1. The number of hydrogen-bond donors (Lipinski definition) is 0. The van der Waals surface area contributed by atoms with E-state index < -0.39 is 18.2 Å². The molecule has 0 aliphatic rings. The van der Waals surface area contributed by atoms with Crippen LogP contribution < -0.4 is 14.4 Å². The van der Waals surface area contributed by atoms with Crippen LogP contribution in [-0.2, 0) is 20.7 Å². The summed E-state index contributed by atoms with van der Waals surface area (Å²) in [6, 6.07) is 20.2. The van der Waals surface area contributed by atoms with Gasteiger partial charge in [-0.1, -0.05) is 48.5 Å². The molecule has 0 saturated carbocycles. The first kappa shape index (κ1) is 26.6. The number of ether oxygens (including phenoxy) is 3. The van der Waals surface area contributed by atoms with E-state index in [2.05, 4.69) is 9.47 Å². The summed E-state index contributed by atoms with van der Waals surface area (Å²) in [5, 5.41) is 0. The standard InChI is InChI=1S/C27H26F3NO5/c1-34-24-16-13-21(20-11-14-22(15-12-20)36-27(28,29)30)18-23(24)31(25(32)26(33)35-2)17-7-6-10-19-8-4-3-5-9-19/h3-5,8-9,11-16,18H,6-7,10,17H2,1-2H3. The van der Waals surface area contributed by atoms with Gasteiger partial charge in [-0.2, -0.15) is 0 Å². The van der Waals surface area contributed by atoms with Gasteiger partial charge in [-0.15, -0.1) is 13.2 Å². The van der Waals surface area contributed by atoms with Crippen molar-refractivity contribution in [1.29, 1.82) is 0 Å². The predicted octanol–water partition coefficient (Wildman–Crippen LogP) is 5.79. The van der Waals surface area contributed by atoms with Gasteiger partial charge in [0.2, 0.25) is 0 Å². The first-order valence-corrected chi connectivity index (χ1v) is 11.2. The minimum atomic E-state index is -4.79. The average molecular weight is 502 g/mol. The molecule has 3 aromatic rings. The maximum Gasteiger partial charge on any atom is 0.573 e.